The lowest BCUT2D eigenvalue weighted by molar-refractivity contribution is 0.0949. The summed E-state index contributed by atoms with van der Waals surface area (Å²) in [6.07, 6.45) is 1.54. The molecular weight excluding hydrogens is 366 g/mol. The number of rotatable bonds is 6. The number of carbonyl (C=O) groups excluding carboxylic acids is 2. The fourth-order valence-electron chi connectivity index (χ4n) is 2.97. The van der Waals surface area contributed by atoms with Crippen LogP contribution in [0.5, 0.6) is 0 Å². The van der Waals surface area contributed by atoms with E-state index in [1.807, 2.05) is 63.2 Å². The van der Waals surface area contributed by atoms with Crippen molar-refractivity contribution in [1.29, 1.82) is 0 Å². The van der Waals surface area contributed by atoms with Crippen LogP contribution in [0.1, 0.15) is 46.9 Å². The van der Waals surface area contributed by atoms with Crippen molar-refractivity contribution in [2.75, 3.05) is 10.6 Å². The Labute approximate surface area is 169 Å². The van der Waals surface area contributed by atoms with E-state index in [2.05, 4.69) is 26.1 Å². The molecule has 0 saturated carbocycles. The second kappa shape index (κ2) is 9.05. The maximum atomic E-state index is 12.4. The second-order valence-electron chi connectivity index (χ2n) is 7.18. The van der Waals surface area contributed by atoms with E-state index in [0.717, 1.165) is 22.5 Å². The molecule has 0 spiro atoms. The summed E-state index contributed by atoms with van der Waals surface area (Å²) in [5.74, 6) is -0.00399. The standard InChI is InChI=1S/C22H25N5O2/c1-14(2)20-19(13-24-27-20)21(28)23-12-16-7-5-9-18(11-16)26-22(29)25-17-8-4-6-15(3)10-17/h4-11,13-14H,12H2,1-3H3,(H,23,28)(H,24,27)(H2,25,26,29). The van der Waals surface area contributed by atoms with Crippen molar-refractivity contribution in [1.82, 2.24) is 15.5 Å². The molecule has 0 aliphatic heterocycles. The zero-order valence-electron chi connectivity index (χ0n) is 16.7. The number of hydrogen-bond acceptors (Lipinski definition) is 3. The molecule has 1 heterocycles. The van der Waals surface area contributed by atoms with Gasteiger partial charge in [-0.25, -0.2) is 4.79 Å². The smallest absolute Gasteiger partial charge is 0.323 e. The van der Waals surface area contributed by atoms with E-state index in [1.165, 1.54) is 6.20 Å². The minimum atomic E-state index is -0.322. The highest BCUT2D eigenvalue weighted by Gasteiger charge is 2.15. The number of benzene rings is 2. The molecule has 0 fully saturated rings. The molecule has 0 saturated heterocycles. The number of aromatic nitrogens is 2. The molecule has 3 aromatic rings. The molecule has 3 amide bonds. The summed E-state index contributed by atoms with van der Waals surface area (Å²) in [7, 11) is 0. The Kier molecular flexibility index (Phi) is 6.29. The van der Waals surface area contributed by atoms with Crippen molar-refractivity contribution in [3.63, 3.8) is 0 Å². The third-order valence-electron chi connectivity index (χ3n) is 4.40. The van der Waals surface area contributed by atoms with E-state index in [-0.39, 0.29) is 17.9 Å². The molecule has 29 heavy (non-hydrogen) atoms. The summed E-state index contributed by atoms with van der Waals surface area (Å²) >= 11 is 0. The highest BCUT2D eigenvalue weighted by Crippen LogP contribution is 2.17. The molecule has 0 aliphatic carbocycles. The van der Waals surface area contributed by atoms with Crippen LogP contribution in [0.4, 0.5) is 16.2 Å². The van der Waals surface area contributed by atoms with Crippen molar-refractivity contribution in [3.8, 4) is 0 Å². The molecule has 7 nitrogen and oxygen atoms in total. The lowest BCUT2D eigenvalue weighted by Crippen LogP contribution is -2.24. The molecule has 0 bridgehead atoms. The molecule has 0 radical (unpaired) electrons. The summed E-state index contributed by atoms with van der Waals surface area (Å²) in [6.45, 7) is 6.31. The third-order valence-corrected chi connectivity index (χ3v) is 4.40. The van der Waals surface area contributed by atoms with Gasteiger partial charge < -0.3 is 16.0 Å². The van der Waals surface area contributed by atoms with Gasteiger partial charge in [-0.1, -0.05) is 38.1 Å². The molecule has 0 aliphatic rings. The summed E-state index contributed by atoms with van der Waals surface area (Å²) in [5, 5.41) is 15.4. The first-order valence-corrected chi connectivity index (χ1v) is 9.47. The normalized spacial score (nSPS) is 10.6. The Balaban J connectivity index is 1.58. The maximum Gasteiger partial charge on any atom is 0.323 e. The fraction of sp³-hybridized carbons (Fsp3) is 0.227. The summed E-state index contributed by atoms with van der Waals surface area (Å²) in [6, 6.07) is 14.6. The van der Waals surface area contributed by atoms with E-state index in [9.17, 15) is 9.59 Å². The highest BCUT2D eigenvalue weighted by molar-refractivity contribution is 5.99. The molecule has 3 rings (SSSR count). The van der Waals surface area contributed by atoms with Crippen LogP contribution in [-0.4, -0.2) is 22.1 Å². The predicted octanol–water partition coefficient (Wildman–Crippen LogP) is 4.42. The number of nitrogens with one attached hydrogen (secondary N) is 4. The van der Waals surface area contributed by atoms with Gasteiger partial charge in [0.2, 0.25) is 0 Å². The van der Waals surface area contributed by atoms with Crippen molar-refractivity contribution in [2.24, 2.45) is 0 Å². The third kappa shape index (κ3) is 5.44. The molecule has 0 unspecified atom stereocenters. The predicted molar refractivity (Wildman–Crippen MR) is 114 cm³/mol. The monoisotopic (exact) mass is 391 g/mol. The van der Waals surface area contributed by atoms with Gasteiger partial charge in [-0.2, -0.15) is 5.10 Å². The number of aromatic amines is 1. The van der Waals surface area contributed by atoms with Crippen molar-refractivity contribution in [2.45, 2.75) is 33.2 Å². The van der Waals surface area contributed by atoms with Crippen LogP contribution in [0.2, 0.25) is 0 Å². The van der Waals surface area contributed by atoms with Gasteiger partial charge in [0.25, 0.3) is 5.91 Å². The van der Waals surface area contributed by atoms with Gasteiger partial charge in [0.05, 0.1) is 17.5 Å². The van der Waals surface area contributed by atoms with Gasteiger partial charge >= 0.3 is 6.03 Å². The van der Waals surface area contributed by atoms with Crippen molar-refractivity contribution >= 4 is 23.3 Å². The summed E-state index contributed by atoms with van der Waals surface area (Å²) in [5.41, 5.74) is 4.68. The van der Waals surface area contributed by atoms with Gasteiger partial charge in [0, 0.05) is 17.9 Å². The average Bonchev–Trinajstić information content (AvgIpc) is 3.16. The van der Waals surface area contributed by atoms with Gasteiger partial charge in [-0.15, -0.1) is 0 Å². The fourth-order valence-corrected chi connectivity index (χ4v) is 2.97. The number of anilines is 2. The number of H-pyrrole nitrogens is 1. The van der Waals surface area contributed by atoms with Crippen molar-refractivity contribution < 1.29 is 9.59 Å². The average molecular weight is 391 g/mol. The van der Waals surface area contributed by atoms with E-state index in [4.69, 9.17) is 0 Å². The van der Waals surface area contributed by atoms with Crippen LogP contribution in [0.15, 0.2) is 54.7 Å². The molecule has 7 heteroatoms. The molecule has 1 aromatic heterocycles. The van der Waals surface area contributed by atoms with Gasteiger partial charge in [0.1, 0.15) is 0 Å². The van der Waals surface area contributed by atoms with Crippen LogP contribution in [-0.2, 0) is 6.54 Å². The quantitative estimate of drug-likeness (QED) is 0.501. The Hall–Kier alpha value is -3.61. The lowest BCUT2D eigenvalue weighted by Gasteiger charge is -2.11. The SMILES string of the molecule is Cc1cccc(NC(=O)Nc2cccc(CNC(=O)c3cn[nH]c3C(C)C)c2)c1. The largest absolute Gasteiger partial charge is 0.348 e. The van der Waals surface area contributed by atoms with Crippen LogP contribution in [0.25, 0.3) is 0 Å². The van der Waals surface area contributed by atoms with Gasteiger partial charge in [-0.05, 0) is 48.2 Å². The van der Waals surface area contributed by atoms with Gasteiger partial charge in [-0.3, -0.25) is 9.89 Å². The Morgan fingerprint density at radius 2 is 1.72 bits per heavy atom. The highest BCUT2D eigenvalue weighted by atomic mass is 16.2. The van der Waals surface area contributed by atoms with Crippen LogP contribution in [0.3, 0.4) is 0 Å². The molecule has 150 valence electrons. The van der Waals surface area contributed by atoms with Crippen LogP contribution >= 0.6 is 0 Å². The van der Waals surface area contributed by atoms with Gasteiger partial charge in [0.15, 0.2) is 0 Å². The molecular formula is C22H25N5O2. The Bertz CT molecular complexity index is 1010. The second-order valence-corrected chi connectivity index (χ2v) is 7.18. The lowest BCUT2D eigenvalue weighted by atomic mass is 10.1. The van der Waals surface area contributed by atoms with Crippen molar-refractivity contribution in [3.05, 3.63) is 77.1 Å². The Morgan fingerprint density at radius 3 is 2.41 bits per heavy atom. The summed E-state index contributed by atoms with van der Waals surface area (Å²) < 4.78 is 0. The molecule has 0 atom stereocenters. The van der Waals surface area contributed by atoms with Crippen LogP contribution < -0.4 is 16.0 Å². The number of amides is 3. The van der Waals surface area contributed by atoms with Crippen LogP contribution in [0, 0.1) is 6.92 Å². The Morgan fingerprint density at radius 1 is 1.03 bits per heavy atom. The molecule has 2 aromatic carbocycles. The topological polar surface area (TPSA) is 98.9 Å². The zero-order valence-corrected chi connectivity index (χ0v) is 16.7. The number of urea groups is 1. The first-order valence-electron chi connectivity index (χ1n) is 9.47. The molecule has 4 N–H and O–H groups in total. The number of carbonyl (C=O) groups is 2. The summed E-state index contributed by atoms with van der Waals surface area (Å²) in [4.78, 5) is 24.7. The maximum absolute atomic E-state index is 12.4. The minimum absolute atomic E-state index is 0.178. The number of aryl methyl sites for hydroxylation is 1. The van der Waals surface area contributed by atoms with E-state index < -0.39 is 0 Å². The van der Waals surface area contributed by atoms with E-state index >= 15 is 0 Å². The van der Waals surface area contributed by atoms with E-state index in [0.29, 0.717) is 17.8 Å². The first-order chi connectivity index (χ1) is 13.9. The zero-order chi connectivity index (χ0) is 20.8. The number of nitrogens with zero attached hydrogens (tertiary/aromatic N) is 1. The first kappa shape index (κ1) is 20.1. The minimum Gasteiger partial charge on any atom is -0.348 e. The van der Waals surface area contributed by atoms with E-state index in [1.54, 1.807) is 6.07 Å². The number of hydrogen-bond donors (Lipinski definition) is 4.